The molecule has 0 fully saturated rings. The van der Waals surface area contributed by atoms with Crippen LogP contribution in [0.1, 0.15) is 5.69 Å². The number of hydrogen-bond acceptors (Lipinski definition) is 3. The number of aromatic amines is 1. The molecule has 0 saturated heterocycles. The van der Waals surface area contributed by atoms with Gasteiger partial charge in [-0.1, -0.05) is 30.3 Å². The number of H-pyrrole nitrogens is 1. The van der Waals surface area contributed by atoms with E-state index in [-0.39, 0.29) is 0 Å². The Bertz CT molecular complexity index is 610. The lowest BCUT2D eigenvalue weighted by molar-refractivity contribution is 0.946. The number of nitrogens with one attached hydrogen (secondary N) is 1. The molecule has 0 aliphatic rings. The van der Waals surface area contributed by atoms with Crippen LogP contribution in [0.25, 0.3) is 16.9 Å². The molecule has 1 aromatic carbocycles. The highest BCUT2D eigenvalue weighted by Crippen LogP contribution is 2.27. The van der Waals surface area contributed by atoms with Crippen LogP contribution >= 0.6 is 0 Å². The van der Waals surface area contributed by atoms with Crippen LogP contribution in [-0.2, 0) is 0 Å². The van der Waals surface area contributed by atoms with Crippen molar-refractivity contribution in [3.8, 4) is 16.9 Å². The third-order valence-electron chi connectivity index (χ3n) is 2.65. The van der Waals surface area contributed by atoms with Gasteiger partial charge in [-0.05, 0) is 12.5 Å². The maximum Gasteiger partial charge on any atom is 0.169 e. The Morgan fingerprint density at radius 2 is 1.76 bits per heavy atom. The predicted octanol–water partition coefficient (Wildman–Crippen LogP) is 1.97. The van der Waals surface area contributed by atoms with Crippen LogP contribution < -0.4 is 0 Å². The summed E-state index contributed by atoms with van der Waals surface area (Å²) in [6.45, 7) is 2.00. The third kappa shape index (κ3) is 1.61. The summed E-state index contributed by atoms with van der Waals surface area (Å²) >= 11 is 0. The minimum absolute atomic E-state index is 0.818. The van der Waals surface area contributed by atoms with Gasteiger partial charge < -0.3 is 0 Å². The van der Waals surface area contributed by atoms with Gasteiger partial charge in [0.25, 0.3) is 0 Å². The Balaban J connectivity index is 2.20. The summed E-state index contributed by atoms with van der Waals surface area (Å²) in [5, 5.41) is 14.9. The molecule has 0 aliphatic heterocycles. The number of benzene rings is 1. The standard InChI is InChI=1S/C12H11N5/c1-9-11(10-5-3-2-4-6-10)12(16-15-9)17-7-13-14-8-17/h2-8H,1H3,(H,15,16). The first-order valence-corrected chi connectivity index (χ1v) is 5.31. The smallest absolute Gasteiger partial charge is 0.169 e. The molecule has 5 heteroatoms. The number of aryl methyl sites for hydroxylation is 1. The van der Waals surface area contributed by atoms with Crippen LogP contribution in [-0.4, -0.2) is 25.0 Å². The minimum Gasteiger partial charge on any atom is -0.280 e. The molecule has 0 radical (unpaired) electrons. The molecule has 84 valence electrons. The van der Waals surface area contributed by atoms with Crippen molar-refractivity contribution in [2.24, 2.45) is 0 Å². The molecule has 5 nitrogen and oxygen atoms in total. The Hall–Kier alpha value is -2.43. The molecule has 0 unspecified atom stereocenters. The van der Waals surface area contributed by atoms with Gasteiger partial charge in [-0.3, -0.25) is 9.67 Å². The summed E-state index contributed by atoms with van der Waals surface area (Å²) in [6.07, 6.45) is 3.28. The van der Waals surface area contributed by atoms with Crippen molar-refractivity contribution in [2.75, 3.05) is 0 Å². The largest absolute Gasteiger partial charge is 0.280 e. The molecule has 0 aliphatic carbocycles. The zero-order valence-electron chi connectivity index (χ0n) is 9.33. The van der Waals surface area contributed by atoms with Crippen LogP contribution in [0.2, 0.25) is 0 Å². The van der Waals surface area contributed by atoms with Crippen LogP contribution in [0, 0.1) is 6.92 Å². The van der Waals surface area contributed by atoms with Crippen molar-refractivity contribution >= 4 is 0 Å². The molecule has 2 aromatic heterocycles. The molecule has 3 rings (SSSR count). The monoisotopic (exact) mass is 225 g/mol. The second kappa shape index (κ2) is 3.86. The van der Waals surface area contributed by atoms with Gasteiger partial charge in [-0.25, -0.2) is 0 Å². The second-order valence-electron chi connectivity index (χ2n) is 3.78. The lowest BCUT2D eigenvalue weighted by atomic mass is 10.1. The molecule has 0 saturated carbocycles. The fraction of sp³-hybridized carbons (Fsp3) is 0.0833. The molecule has 3 aromatic rings. The van der Waals surface area contributed by atoms with E-state index >= 15 is 0 Å². The van der Waals surface area contributed by atoms with Crippen LogP contribution in [0.15, 0.2) is 43.0 Å². The molecule has 1 N–H and O–H groups in total. The Labute approximate surface area is 98.1 Å². The van der Waals surface area contributed by atoms with Crippen molar-refractivity contribution in [1.29, 1.82) is 0 Å². The Morgan fingerprint density at radius 3 is 2.47 bits per heavy atom. The normalized spacial score (nSPS) is 10.6. The third-order valence-corrected chi connectivity index (χ3v) is 2.65. The van der Waals surface area contributed by atoms with E-state index in [1.807, 2.05) is 25.1 Å². The van der Waals surface area contributed by atoms with Gasteiger partial charge in [0.1, 0.15) is 12.7 Å². The summed E-state index contributed by atoms with van der Waals surface area (Å²) in [4.78, 5) is 0. The second-order valence-corrected chi connectivity index (χ2v) is 3.78. The van der Waals surface area contributed by atoms with Crippen LogP contribution in [0.3, 0.4) is 0 Å². The van der Waals surface area contributed by atoms with Gasteiger partial charge >= 0.3 is 0 Å². The summed E-state index contributed by atoms with van der Waals surface area (Å²) in [5.41, 5.74) is 3.23. The average molecular weight is 225 g/mol. The van der Waals surface area contributed by atoms with Gasteiger partial charge in [-0.2, -0.15) is 5.10 Å². The predicted molar refractivity (Wildman–Crippen MR) is 63.7 cm³/mol. The average Bonchev–Trinajstić information content (AvgIpc) is 2.98. The highest BCUT2D eigenvalue weighted by atomic mass is 15.3. The lowest BCUT2D eigenvalue weighted by Gasteiger charge is -2.03. The zero-order chi connectivity index (χ0) is 11.7. The summed E-state index contributed by atoms with van der Waals surface area (Å²) in [6, 6.07) is 10.1. The van der Waals surface area contributed by atoms with E-state index in [1.54, 1.807) is 17.2 Å². The van der Waals surface area contributed by atoms with E-state index in [0.717, 1.165) is 22.6 Å². The van der Waals surface area contributed by atoms with Gasteiger partial charge in [0.05, 0.1) is 0 Å². The first-order chi connectivity index (χ1) is 8.36. The topological polar surface area (TPSA) is 59.4 Å². The fourth-order valence-electron chi connectivity index (χ4n) is 1.86. The molecule has 0 amide bonds. The van der Waals surface area contributed by atoms with Crippen molar-refractivity contribution in [3.63, 3.8) is 0 Å². The van der Waals surface area contributed by atoms with Crippen LogP contribution in [0.5, 0.6) is 0 Å². The van der Waals surface area contributed by atoms with Crippen molar-refractivity contribution in [3.05, 3.63) is 48.7 Å². The molecule has 0 bridgehead atoms. The SMILES string of the molecule is Cc1[nH]nc(-n2cnnc2)c1-c1ccccc1. The highest BCUT2D eigenvalue weighted by Gasteiger charge is 2.13. The van der Waals surface area contributed by atoms with E-state index in [0.29, 0.717) is 0 Å². The Kier molecular flexibility index (Phi) is 2.22. The molecular weight excluding hydrogens is 214 g/mol. The first kappa shape index (κ1) is 9.77. The van der Waals surface area contributed by atoms with Gasteiger partial charge in [-0.15, -0.1) is 10.2 Å². The number of nitrogens with zero attached hydrogens (tertiary/aromatic N) is 4. The molecule has 0 spiro atoms. The maximum atomic E-state index is 4.29. The molecule has 2 heterocycles. The Morgan fingerprint density at radius 1 is 1.06 bits per heavy atom. The number of hydrogen-bond donors (Lipinski definition) is 1. The van der Waals surface area contributed by atoms with E-state index in [2.05, 4.69) is 32.5 Å². The van der Waals surface area contributed by atoms with E-state index in [9.17, 15) is 0 Å². The summed E-state index contributed by atoms with van der Waals surface area (Å²) in [7, 11) is 0. The van der Waals surface area contributed by atoms with Crippen molar-refractivity contribution in [2.45, 2.75) is 6.92 Å². The number of rotatable bonds is 2. The fourth-order valence-corrected chi connectivity index (χ4v) is 1.86. The van der Waals surface area contributed by atoms with E-state index in [4.69, 9.17) is 0 Å². The maximum absolute atomic E-state index is 4.29. The number of aromatic nitrogens is 5. The first-order valence-electron chi connectivity index (χ1n) is 5.31. The molecule has 0 atom stereocenters. The van der Waals surface area contributed by atoms with Crippen LogP contribution in [0.4, 0.5) is 0 Å². The van der Waals surface area contributed by atoms with E-state index in [1.165, 1.54) is 0 Å². The van der Waals surface area contributed by atoms with Crippen molar-refractivity contribution < 1.29 is 0 Å². The lowest BCUT2D eigenvalue weighted by Crippen LogP contribution is -1.93. The van der Waals surface area contributed by atoms with Crippen molar-refractivity contribution in [1.82, 2.24) is 25.0 Å². The van der Waals surface area contributed by atoms with E-state index < -0.39 is 0 Å². The van der Waals surface area contributed by atoms with Gasteiger partial charge in [0.15, 0.2) is 5.82 Å². The highest BCUT2D eigenvalue weighted by molar-refractivity contribution is 5.73. The minimum atomic E-state index is 0.818. The molecule has 17 heavy (non-hydrogen) atoms. The quantitative estimate of drug-likeness (QED) is 0.725. The zero-order valence-corrected chi connectivity index (χ0v) is 9.33. The van der Waals surface area contributed by atoms with Gasteiger partial charge in [0.2, 0.25) is 0 Å². The molecular formula is C12H11N5. The van der Waals surface area contributed by atoms with Gasteiger partial charge in [0, 0.05) is 11.3 Å². The summed E-state index contributed by atoms with van der Waals surface area (Å²) < 4.78 is 1.80. The summed E-state index contributed by atoms with van der Waals surface area (Å²) in [5.74, 6) is 0.818.